The minimum Gasteiger partial charge on any atom is -0.465 e. The van der Waals surface area contributed by atoms with Crippen LogP contribution in [0.25, 0.3) is 6.08 Å². The largest absolute Gasteiger partial charge is 0.465 e. The average molecular weight is 322 g/mol. The highest BCUT2D eigenvalue weighted by molar-refractivity contribution is 8.26. The zero-order valence-corrected chi connectivity index (χ0v) is 12.4. The van der Waals surface area contributed by atoms with E-state index in [1.54, 1.807) is 18.2 Å². The lowest BCUT2D eigenvalue weighted by Crippen LogP contribution is -2.42. The highest BCUT2D eigenvalue weighted by Gasteiger charge is 2.37. The molecule has 3 amide bonds. The zero-order chi connectivity index (χ0) is 15.0. The fourth-order valence-electron chi connectivity index (χ4n) is 2.05. The van der Waals surface area contributed by atoms with Crippen LogP contribution in [-0.2, 0) is 14.4 Å². The maximum Gasteiger partial charge on any atom is 0.267 e. The molecule has 6 nitrogen and oxygen atoms in total. The van der Waals surface area contributed by atoms with E-state index >= 15 is 0 Å². The fraction of sp³-hybridized carbons (Fsp3) is 0.231. The maximum atomic E-state index is 12.3. The van der Waals surface area contributed by atoms with Crippen LogP contribution in [0.2, 0.25) is 0 Å². The first-order valence-corrected chi connectivity index (χ1v) is 7.41. The van der Waals surface area contributed by atoms with E-state index in [4.69, 9.17) is 16.6 Å². The lowest BCUT2D eigenvalue weighted by molar-refractivity contribution is -0.141. The van der Waals surface area contributed by atoms with Crippen LogP contribution in [0, 0.1) is 0 Å². The molecular formula is C13H10N2O4S2. The van der Waals surface area contributed by atoms with Crippen LogP contribution in [0.1, 0.15) is 18.6 Å². The van der Waals surface area contributed by atoms with Gasteiger partial charge < -0.3 is 4.42 Å². The van der Waals surface area contributed by atoms with Crippen LogP contribution < -0.4 is 0 Å². The molecule has 0 bridgehead atoms. The van der Waals surface area contributed by atoms with E-state index in [2.05, 4.69) is 0 Å². The molecule has 0 radical (unpaired) electrons. The number of carbonyl (C=O) groups excluding carboxylic acids is 3. The maximum absolute atomic E-state index is 12.3. The molecule has 2 fully saturated rings. The number of rotatable bonds is 3. The number of carbonyl (C=O) groups is 3. The number of furan rings is 1. The van der Waals surface area contributed by atoms with Gasteiger partial charge in [-0.15, -0.1) is 0 Å². The van der Waals surface area contributed by atoms with Crippen LogP contribution in [0.3, 0.4) is 0 Å². The van der Waals surface area contributed by atoms with Crippen LogP contribution in [-0.4, -0.2) is 38.5 Å². The van der Waals surface area contributed by atoms with Crippen molar-refractivity contribution in [2.24, 2.45) is 0 Å². The smallest absolute Gasteiger partial charge is 0.267 e. The molecule has 21 heavy (non-hydrogen) atoms. The molecule has 1 aromatic heterocycles. The Kier molecular flexibility index (Phi) is 3.64. The Labute approximate surface area is 129 Å². The lowest BCUT2D eigenvalue weighted by atomic mass is 10.3. The summed E-state index contributed by atoms with van der Waals surface area (Å²) in [4.78, 5) is 38.3. The van der Waals surface area contributed by atoms with Gasteiger partial charge in [0.1, 0.15) is 16.7 Å². The number of amides is 3. The summed E-state index contributed by atoms with van der Waals surface area (Å²) in [5.74, 6) is -0.328. The van der Waals surface area contributed by atoms with Crippen molar-refractivity contribution < 1.29 is 18.8 Å². The molecule has 108 valence electrons. The highest BCUT2D eigenvalue weighted by atomic mass is 32.2. The summed E-state index contributed by atoms with van der Waals surface area (Å²) in [5.41, 5.74) is 0. The van der Waals surface area contributed by atoms with E-state index in [-0.39, 0.29) is 37.2 Å². The predicted molar refractivity (Wildman–Crippen MR) is 79.7 cm³/mol. The molecule has 0 unspecified atom stereocenters. The third-order valence-electron chi connectivity index (χ3n) is 3.13. The second-order valence-corrected chi connectivity index (χ2v) is 6.16. The Morgan fingerprint density at radius 1 is 1.24 bits per heavy atom. The molecular weight excluding hydrogens is 312 g/mol. The van der Waals surface area contributed by atoms with Gasteiger partial charge in [0.05, 0.1) is 11.2 Å². The molecule has 3 rings (SSSR count). The normalized spacial score (nSPS) is 21.2. The number of imide groups is 1. The van der Waals surface area contributed by atoms with Crippen molar-refractivity contribution in [2.75, 3.05) is 6.67 Å². The number of hydrogen-bond donors (Lipinski definition) is 0. The number of nitrogens with zero attached hydrogens (tertiary/aromatic N) is 2. The Morgan fingerprint density at radius 2 is 1.95 bits per heavy atom. The number of thioether (sulfide) groups is 1. The Balaban J connectivity index is 1.78. The summed E-state index contributed by atoms with van der Waals surface area (Å²) in [6, 6.07) is 3.44. The Morgan fingerprint density at radius 3 is 2.57 bits per heavy atom. The minimum atomic E-state index is -0.325. The molecule has 2 aliphatic rings. The topological polar surface area (TPSA) is 70.8 Å². The molecule has 3 heterocycles. The molecule has 0 N–H and O–H groups in total. The monoisotopic (exact) mass is 322 g/mol. The standard InChI is InChI=1S/C13H10N2O4S2/c16-10-3-4-11(17)14(10)7-15-12(18)9(21-13(15)20)6-8-2-1-5-19-8/h1-2,5-6H,3-4,7H2/b9-6-. The van der Waals surface area contributed by atoms with Crippen LogP contribution in [0.4, 0.5) is 0 Å². The first kappa shape index (κ1) is 14.0. The average Bonchev–Trinajstić information content (AvgIpc) is 3.12. The summed E-state index contributed by atoms with van der Waals surface area (Å²) in [5, 5.41) is 0. The molecule has 0 atom stereocenters. The van der Waals surface area contributed by atoms with Crippen LogP contribution >= 0.6 is 24.0 Å². The van der Waals surface area contributed by atoms with Crippen molar-refractivity contribution in [3.05, 3.63) is 29.1 Å². The lowest BCUT2D eigenvalue weighted by Gasteiger charge is -2.21. The van der Waals surface area contributed by atoms with Crippen LogP contribution in [0.5, 0.6) is 0 Å². The van der Waals surface area contributed by atoms with Crippen LogP contribution in [0.15, 0.2) is 27.7 Å². The predicted octanol–water partition coefficient (Wildman–Crippen LogP) is 1.59. The van der Waals surface area contributed by atoms with Crippen molar-refractivity contribution in [1.82, 2.24) is 9.80 Å². The molecule has 1 aromatic rings. The van der Waals surface area contributed by atoms with E-state index < -0.39 is 0 Å². The Hall–Kier alpha value is -1.93. The summed E-state index contributed by atoms with van der Waals surface area (Å²) >= 11 is 6.28. The highest BCUT2D eigenvalue weighted by Crippen LogP contribution is 2.33. The Bertz CT molecular complexity index is 650. The van der Waals surface area contributed by atoms with Crippen molar-refractivity contribution in [3.63, 3.8) is 0 Å². The van der Waals surface area contributed by atoms with E-state index in [1.165, 1.54) is 11.2 Å². The summed E-state index contributed by atoms with van der Waals surface area (Å²) in [6.45, 7) is -0.113. The number of likely N-dealkylation sites (tertiary alicyclic amines) is 1. The van der Waals surface area contributed by atoms with E-state index in [0.29, 0.717) is 15.0 Å². The summed E-state index contributed by atoms with van der Waals surface area (Å²) in [7, 11) is 0. The van der Waals surface area contributed by atoms with Crippen molar-refractivity contribution in [1.29, 1.82) is 0 Å². The van der Waals surface area contributed by atoms with Gasteiger partial charge in [-0.05, 0) is 12.1 Å². The van der Waals surface area contributed by atoms with Gasteiger partial charge in [-0.2, -0.15) is 0 Å². The second kappa shape index (κ2) is 5.45. The third-order valence-corrected chi connectivity index (χ3v) is 4.51. The first-order chi connectivity index (χ1) is 10.1. The van der Waals surface area contributed by atoms with Gasteiger partial charge >= 0.3 is 0 Å². The summed E-state index contributed by atoms with van der Waals surface area (Å²) < 4.78 is 5.48. The third kappa shape index (κ3) is 2.64. The van der Waals surface area contributed by atoms with Gasteiger partial charge in [-0.25, -0.2) is 0 Å². The minimum absolute atomic E-state index is 0.113. The number of hydrogen-bond acceptors (Lipinski definition) is 6. The van der Waals surface area contributed by atoms with E-state index in [1.807, 2.05) is 0 Å². The van der Waals surface area contributed by atoms with E-state index in [0.717, 1.165) is 16.7 Å². The second-order valence-electron chi connectivity index (χ2n) is 4.48. The van der Waals surface area contributed by atoms with Gasteiger partial charge in [0.15, 0.2) is 0 Å². The van der Waals surface area contributed by atoms with Crippen molar-refractivity contribution >= 4 is 52.1 Å². The zero-order valence-electron chi connectivity index (χ0n) is 10.8. The fourth-order valence-corrected chi connectivity index (χ4v) is 3.27. The van der Waals surface area contributed by atoms with Gasteiger partial charge in [0.2, 0.25) is 11.8 Å². The summed E-state index contributed by atoms with van der Waals surface area (Å²) in [6.07, 6.45) is 3.48. The van der Waals surface area contributed by atoms with Crippen molar-refractivity contribution in [3.8, 4) is 0 Å². The molecule has 0 aliphatic carbocycles. The first-order valence-electron chi connectivity index (χ1n) is 6.18. The molecule has 8 heteroatoms. The molecule has 2 aliphatic heterocycles. The SMILES string of the molecule is O=C1CCC(=O)N1CN1C(=O)/C(=C/c2ccco2)SC1=S. The van der Waals surface area contributed by atoms with Gasteiger partial charge in [-0.3, -0.25) is 24.2 Å². The van der Waals surface area contributed by atoms with Gasteiger partial charge in [0.25, 0.3) is 5.91 Å². The number of thiocarbonyl (C=S) groups is 1. The van der Waals surface area contributed by atoms with Crippen molar-refractivity contribution in [2.45, 2.75) is 12.8 Å². The van der Waals surface area contributed by atoms with E-state index in [9.17, 15) is 14.4 Å². The van der Waals surface area contributed by atoms with Gasteiger partial charge in [0, 0.05) is 18.9 Å². The molecule has 2 saturated heterocycles. The van der Waals surface area contributed by atoms with Gasteiger partial charge in [-0.1, -0.05) is 24.0 Å². The molecule has 0 spiro atoms. The molecule has 0 saturated carbocycles. The molecule has 0 aromatic carbocycles. The quantitative estimate of drug-likeness (QED) is 0.478.